The standard InChI is InChI=1S/C26H29FN2OS.C2HF3O2/c1-18(2)20-9-7-19(8-10-20)17-29-15-13-21(14-16-29)28-26(30)25-12-11-24(31-25)22-5-3-4-6-23(22)27;3-2(4,5)1(6)7/h3-12,18,21H,13-17H2,1-2H3,(H,28,30);(H,6,7). The molecule has 0 aliphatic carbocycles. The number of nitrogens with one attached hydrogen (secondary N) is 1. The molecule has 1 amide bonds. The van der Waals surface area contributed by atoms with Crippen LogP contribution in [0.2, 0.25) is 0 Å². The molecule has 0 unspecified atom stereocenters. The van der Waals surface area contributed by atoms with Gasteiger partial charge in [-0.3, -0.25) is 9.69 Å². The first kappa shape index (κ1) is 29.3. The minimum absolute atomic E-state index is 0.0599. The van der Waals surface area contributed by atoms with Crippen molar-refractivity contribution in [2.24, 2.45) is 0 Å². The van der Waals surface area contributed by atoms with Crippen LogP contribution in [0, 0.1) is 5.82 Å². The molecule has 2 N–H and O–H groups in total. The topological polar surface area (TPSA) is 69.6 Å². The van der Waals surface area contributed by atoms with E-state index in [2.05, 4.69) is 48.3 Å². The Morgan fingerprint density at radius 1 is 1.03 bits per heavy atom. The molecule has 10 heteroatoms. The van der Waals surface area contributed by atoms with E-state index in [0.29, 0.717) is 16.4 Å². The molecule has 2 aromatic carbocycles. The van der Waals surface area contributed by atoms with Crippen molar-refractivity contribution >= 4 is 23.2 Å². The molecule has 1 saturated heterocycles. The monoisotopic (exact) mass is 550 g/mol. The van der Waals surface area contributed by atoms with Gasteiger partial charge >= 0.3 is 12.1 Å². The predicted octanol–water partition coefficient (Wildman–Crippen LogP) is 6.71. The molecular weight excluding hydrogens is 520 g/mol. The number of piperidine rings is 1. The Bertz CT molecular complexity index is 1220. The molecule has 2 heterocycles. The zero-order chi connectivity index (χ0) is 27.9. The number of carbonyl (C=O) groups is 2. The van der Waals surface area contributed by atoms with Crippen LogP contribution in [0.3, 0.4) is 0 Å². The van der Waals surface area contributed by atoms with Gasteiger partial charge in [-0.1, -0.05) is 56.3 Å². The summed E-state index contributed by atoms with van der Waals surface area (Å²) in [5.74, 6) is -2.52. The molecular formula is C28H30F4N2O3S. The number of halogens is 4. The van der Waals surface area contributed by atoms with E-state index in [0.717, 1.165) is 37.4 Å². The van der Waals surface area contributed by atoms with E-state index in [4.69, 9.17) is 9.90 Å². The Kier molecular flexibility index (Phi) is 10.0. The van der Waals surface area contributed by atoms with E-state index in [9.17, 15) is 22.4 Å². The molecule has 1 aliphatic rings. The van der Waals surface area contributed by atoms with Crippen molar-refractivity contribution in [3.05, 3.63) is 82.5 Å². The number of carboxylic acid groups (broad SMARTS) is 1. The SMILES string of the molecule is CC(C)c1ccc(CN2CCC(NC(=O)c3ccc(-c4ccccc4F)s3)CC2)cc1.O=C(O)C(F)(F)F. The smallest absolute Gasteiger partial charge is 0.475 e. The van der Waals surface area contributed by atoms with Crippen molar-refractivity contribution in [1.29, 1.82) is 0 Å². The number of amides is 1. The van der Waals surface area contributed by atoms with E-state index in [1.54, 1.807) is 18.2 Å². The third kappa shape index (κ3) is 8.39. The van der Waals surface area contributed by atoms with Crippen LogP contribution in [0.1, 0.15) is 53.4 Å². The molecule has 38 heavy (non-hydrogen) atoms. The van der Waals surface area contributed by atoms with Crippen molar-refractivity contribution in [3.63, 3.8) is 0 Å². The number of nitrogens with zero attached hydrogens (tertiary/aromatic N) is 1. The van der Waals surface area contributed by atoms with Gasteiger partial charge in [0.2, 0.25) is 0 Å². The molecule has 3 aromatic rings. The Balaban J connectivity index is 0.000000505. The second-order valence-electron chi connectivity index (χ2n) is 9.37. The summed E-state index contributed by atoms with van der Waals surface area (Å²) < 4.78 is 45.7. The number of alkyl halides is 3. The summed E-state index contributed by atoms with van der Waals surface area (Å²) in [5, 5.41) is 10.3. The number of hydrogen-bond donors (Lipinski definition) is 2. The first-order chi connectivity index (χ1) is 17.9. The molecule has 0 saturated carbocycles. The van der Waals surface area contributed by atoms with Gasteiger partial charge in [0.15, 0.2) is 0 Å². The van der Waals surface area contributed by atoms with Gasteiger partial charge in [-0.15, -0.1) is 11.3 Å². The molecule has 1 aliphatic heterocycles. The molecule has 0 bridgehead atoms. The summed E-state index contributed by atoms with van der Waals surface area (Å²) >= 11 is 1.34. The minimum atomic E-state index is -5.08. The highest BCUT2D eigenvalue weighted by atomic mass is 32.1. The van der Waals surface area contributed by atoms with Crippen LogP contribution in [0.15, 0.2) is 60.7 Å². The summed E-state index contributed by atoms with van der Waals surface area (Å²) in [4.78, 5) is 25.5. The zero-order valence-electron chi connectivity index (χ0n) is 21.1. The maximum atomic E-state index is 14.0. The number of thiophene rings is 1. The number of hydrogen-bond acceptors (Lipinski definition) is 4. The van der Waals surface area contributed by atoms with Gasteiger partial charge in [0, 0.05) is 36.1 Å². The van der Waals surface area contributed by atoms with E-state index < -0.39 is 12.1 Å². The first-order valence-corrected chi connectivity index (χ1v) is 13.0. The minimum Gasteiger partial charge on any atom is -0.475 e. The maximum Gasteiger partial charge on any atom is 0.490 e. The highest BCUT2D eigenvalue weighted by Crippen LogP contribution is 2.30. The predicted molar refractivity (Wildman–Crippen MR) is 140 cm³/mol. The molecule has 1 aromatic heterocycles. The van der Waals surface area contributed by atoms with Crippen LogP contribution in [0.4, 0.5) is 17.6 Å². The van der Waals surface area contributed by atoms with Crippen molar-refractivity contribution in [2.75, 3.05) is 13.1 Å². The first-order valence-electron chi connectivity index (χ1n) is 12.2. The Morgan fingerprint density at radius 2 is 1.63 bits per heavy atom. The van der Waals surface area contributed by atoms with Crippen molar-refractivity contribution < 1.29 is 32.3 Å². The van der Waals surface area contributed by atoms with Gasteiger partial charge in [0.1, 0.15) is 5.82 Å². The fraction of sp³-hybridized carbons (Fsp3) is 0.357. The summed E-state index contributed by atoms with van der Waals surface area (Å²) in [6, 6.07) is 19.4. The third-order valence-corrected chi connectivity index (χ3v) is 7.30. The second kappa shape index (κ2) is 13.0. The molecule has 0 radical (unpaired) electrons. The summed E-state index contributed by atoms with van der Waals surface area (Å²) in [6.07, 6.45) is -3.19. The summed E-state index contributed by atoms with van der Waals surface area (Å²) in [6.45, 7) is 7.33. The molecule has 204 valence electrons. The lowest BCUT2D eigenvalue weighted by molar-refractivity contribution is -0.192. The van der Waals surface area contributed by atoms with E-state index >= 15 is 0 Å². The molecule has 4 rings (SSSR count). The maximum absolute atomic E-state index is 14.0. The van der Waals surface area contributed by atoms with Crippen molar-refractivity contribution in [3.8, 4) is 10.4 Å². The lowest BCUT2D eigenvalue weighted by atomic mass is 10.0. The number of carboxylic acids is 1. The summed E-state index contributed by atoms with van der Waals surface area (Å²) in [5.41, 5.74) is 3.25. The van der Waals surface area contributed by atoms with Gasteiger partial charge in [-0.25, -0.2) is 9.18 Å². The average molecular weight is 551 g/mol. The number of benzene rings is 2. The number of rotatable bonds is 6. The summed E-state index contributed by atoms with van der Waals surface area (Å²) in [7, 11) is 0. The van der Waals surface area contributed by atoms with Gasteiger partial charge in [-0.2, -0.15) is 13.2 Å². The second-order valence-corrected chi connectivity index (χ2v) is 10.5. The normalized spacial score (nSPS) is 14.6. The van der Waals surface area contributed by atoms with Crippen molar-refractivity contribution in [2.45, 2.75) is 51.4 Å². The number of carbonyl (C=O) groups excluding carboxylic acids is 1. The zero-order valence-corrected chi connectivity index (χ0v) is 21.9. The van der Waals surface area contributed by atoms with Crippen LogP contribution in [0.5, 0.6) is 0 Å². The lowest BCUT2D eigenvalue weighted by Crippen LogP contribution is -2.44. The highest BCUT2D eigenvalue weighted by Gasteiger charge is 2.38. The van der Waals surface area contributed by atoms with Crippen molar-refractivity contribution in [1.82, 2.24) is 10.2 Å². The molecule has 0 spiro atoms. The lowest BCUT2D eigenvalue weighted by Gasteiger charge is -2.32. The Morgan fingerprint density at radius 3 is 2.18 bits per heavy atom. The third-order valence-electron chi connectivity index (χ3n) is 6.19. The average Bonchev–Trinajstić information content (AvgIpc) is 3.36. The number of likely N-dealkylation sites (tertiary alicyclic amines) is 1. The van der Waals surface area contributed by atoms with Crippen LogP contribution < -0.4 is 5.32 Å². The van der Waals surface area contributed by atoms with Gasteiger partial charge < -0.3 is 10.4 Å². The fourth-order valence-corrected chi connectivity index (χ4v) is 4.96. The van der Waals surface area contributed by atoms with E-state index in [-0.39, 0.29) is 17.8 Å². The molecule has 1 fully saturated rings. The number of aliphatic carboxylic acids is 1. The van der Waals surface area contributed by atoms with Crippen LogP contribution in [0.25, 0.3) is 10.4 Å². The molecule has 0 atom stereocenters. The van der Waals surface area contributed by atoms with Crippen LogP contribution in [-0.4, -0.2) is 47.2 Å². The van der Waals surface area contributed by atoms with Gasteiger partial charge in [0.25, 0.3) is 5.91 Å². The van der Waals surface area contributed by atoms with E-state index in [1.165, 1.54) is 28.5 Å². The quantitative estimate of drug-likeness (QED) is 0.335. The highest BCUT2D eigenvalue weighted by molar-refractivity contribution is 7.17. The van der Waals surface area contributed by atoms with Crippen LogP contribution in [-0.2, 0) is 11.3 Å². The van der Waals surface area contributed by atoms with E-state index in [1.807, 2.05) is 12.1 Å². The van der Waals surface area contributed by atoms with Gasteiger partial charge in [-0.05, 0) is 48.1 Å². The Hall–Kier alpha value is -3.24. The fourth-order valence-electron chi connectivity index (χ4n) is 4.02. The largest absolute Gasteiger partial charge is 0.490 e. The molecule has 5 nitrogen and oxygen atoms in total. The van der Waals surface area contributed by atoms with Gasteiger partial charge in [0.05, 0.1) is 4.88 Å². The van der Waals surface area contributed by atoms with Crippen LogP contribution >= 0.6 is 11.3 Å². The Labute approximate surface area is 223 Å².